The standard InChI is InChI=1S/C18H22FN3O3/c1-11-9-17(25-21-11)15-5-4-8-22(15)18(23)20-12(2)14-10-13(19)6-7-16(14)24-3/h6-7,9-10,12,15H,4-5,8H2,1-3H3,(H,20,23)/t12-,15-/m0/s1. The van der Waals surface area contributed by atoms with Crippen molar-refractivity contribution in [2.45, 2.75) is 38.8 Å². The molecule has 1 aromatic carbocycles. The van der Waals surface area contributed by atoms with Gasteiger partial charge in [-0.05, 0) is 44.9 Å². The summed E-state index contributed by atoms with van der Waals surface area (Å²) >= 11 is 0. The summed E-state index contributed by atoms with van der Waals surface area (Å²) in [6.45, 7) is 4.30. The van der Waals surface area contributed by atoms with E-state index in [1.807, 2.05) is 13.0 Å². The Hall–Kier alpha value is -2.57. The molecule has 0 radical (unpaired) electrons. The van der Waals surface area contributed by atoms with Crippen molar-refractivity contribution < 1.29 is 18.4 Å². The molecule has 1 aliphatic rings. The molecule has 3 rings (SSSR count). The van der Waals surface area contributed by atoms with Gasteiger partial charge in [-0.25, -0.2) is 9.18 Å². The number of nitrogens with one attached hydrogen (secondary N) is 1. The first-order valence-corrected chi connectivity index (χ1v) is 8.33. The van der Waals surface area contributed by atoms with Crippen LogP contribution in [0.2, 0.25) is 0 Å². The van der Waals surface area contributed by atoms with Crippen LogP contribution in [0, 0.1) is 12.7 Å². The molecule has 0 saturated carbocycles. The van der Waals surface area contributed by atoms with Crippen LogP contribution in [-0.4, -0.2) is 29.7 Å². The van der Waals surface area contributed by atoms with Gasteiger partial charge in [0, 0.05) is 18.2 Å². The Morgan fingerprint density at radius 2 is 2.28 bits per heavy atom. The number of likely N-dealkylation sites (tertiary alicyclic amines) is 1. The van der Waals surface area contributed by atoms with Crippen molar-refractivity contribution in [1.82, 2.24) is 15.4 Å². The van der Waals surface area contributed by atoms with Gasteiger partial charge in [0.25, 0.3) is 0 Å². The summed E-state index contributed by atoms with van der Waals surface area (Å²) in [5.74, 6) is 0.868. The van der Waals surface area contributed by atoms with Crippen molar-refractivity contribution in [2.75, 3.05) is 13.7 Å². The summed E-state index contributed by atoms with van der Waals surface area (Å²) in [5, 5.41) is 6.83. The maximum Gasteiger partial charge on any atom is 0.318 e. The second-order valence-corrected chi connectivity index (χ2v) is 6.28. The molecule has 0 unspecified atom stereocenters. The van der Waals surface area contributed by atoms with Crippen molar-refractivity contribution >= 4 is 6.03 Å². The molecule has 6 nitrogen and oxygen atoms in total. The summed E-state index contributed by atoms with van der Waals surface area (Å²) in [5.41, 5.74) is 1.39. The number of amides is 2. The maximum atomic E-state index is 13.6. The molecule has 1 aromatic heterocycles. The SMILES string of the molecule is COc1ccc(F)cc1[C@H](C)NC(=O)N1CCC[C@H]1c1cc(C)no1. The van der Waals surface area contributed by atoms with Crippen molar-refractivity contribution in [3.05, 3.63) is 47.1 Å². The predicted molar refractivity (Wildman–Crippen MR) is 89.8 cm³/mol. The van der Waals surface area contributed by atoms with E-state index < -0.39 is 6.04 Å². The zero-order valence-electron chi connectivity index (χ0n) is 14.6. The summed E-state index contributed by atoms with van der Waals surface area (Å²) in [4.78, 5) is 14.5. The lowest BCUT2D eigenvalue weighted by molar-refractivity contribution is 0.179. The zero-order valence-corrected chi connectivity index (χ0v) is 14.6. The second kappa shape index (κ2) is 7.13. The van der Waals surface area contributed by atoms with E-state index in [0.717, 1.165) is 18.5 Å². The van der Waals surface area contributed by atoms with Crippen LogP contribution in [0.1, 0.15) is 48.9 Å². The first-order chi connectivity index (χ1) is 12.0. The van der Waals surface area contributed by atoms with E-state index in [0.29, 0.717) is 23.6 Å². The molecule has 1 aliphatic heterocycles. The first-order valence-electron chi connectivity index (χ1n) is 8.33. The van der Waals surface area contributed by atoms with Crippen LogP contribution < -0.4 is 10.1 Å². The Balaban J connectivity index is 1.74. The van der Waals surface area contributed by atoms with Crippen molar-refractivity contribution in [3.63, 3.8) is 0 Å². The number of aryl methyl sites for hydroxylation is 1. The van der Waals surface area contributed by atoms with Gasteiger partial charge in [-0.1, -0.05) is 5.16 Å². The Morgan fingerprint density at radius 3 is 2.96 bits per heavy atom. The van der Waals surface area contributed by atoms with Crippen molar-refractivity contribution in [1.29, 1.82) is 0 Å². The van der Waals surface area contributed by atoms with Gasteiger partial charge in [-0.2, -0.15) is 0 Å². The number of carbonyl (C=O) groups excluding carboxylic acids is 1. The number of nitrogens with zero attached hydrogens (tertiary/aromatic N) is 2. The van der Waals surface area contributed by atoms with E-state index >= 15 is 0 Å². The largest absolute Gasteiger partial charge is 0.496 e. The van der Waals surface area contributed by atoms with E-state index in [4.69, 9.17) is 9.26 Å². The van der Waals surface area contributed by atoms with Gasteiger partial charge in [0.15, 0.2) is 5.76 Å². The fourth-order valence-corrected chi connectivity index (χ4v) is 3.24. The number of carbonyl (C=O) groups is 1. The van der Waals surface area contributed by atoms with Gasteiger partial charge >= 0.3 is 6.03 Å². The third kappa shape index (κ3) is 3.60. The number of hydrogen-bond acceptors (Lipinski definition) is 4. The van der Waals surface area contributed by atoms with Gasteiger partial charge in [0.05, 0.1) is 24.9 Å². The average molecular weight is 347 g/mol. The lowest BCUT2D eigenvalue weighted by Crippen LogP contribution is -2.40. The van der Waals surface area contributed by atoms with Crippen LogP contribution in [0.25, 0.3) is 0 Å². The molecule has 25 heavy (non-hydrogen) atoms. The van der Waals surface area contributed by atoms with Crippen LogP contribution in [0.5, 0.6) is 5.75 Å². The highest BCUT2D eigenvalue weighted by Crippen LogP contribution is 2.33. The number of benzene rings is 1. The maximum absolute atomic E-state index is 13.6. The van der Waals surface area contributed by atoms with Crippen molar-refractivity contribution in [3.8, 4) is 5.75 Å². The molecule has 0 bridgehead atoms. The Kier molecular flexibility index (Phi) is 4.92. The van der Waals surface area contributed by atoms with E-state index in [1.165, 1.54) is 19.2 Å². The molecular weight excluding hydrogens is 325 g/mol. The minimum Gasteiger partial charge on any atom is -0.496 e. The molecule has 2 atom stereocenters. The number of urea groups is 1. The monoisotopic (exact) mass is 347 g/mol. The molecule has 0 spiro atoms. The van der Waals surface area contributed by atoms with Gasteiger partial charge in [-0.3, -0.25) is 0 Å². The summed E-state index contributed by atoms with van der Waals surface area (Å²) < 4.78 is 24.2. The molecule has 2 amide bonds. The molecule has 7 heteroatoms. The van der Waals surface area contributed by atoms with Crippen LogP contribution in [0.4, 0.5) is 9.18 Å². The minimum absolute atomic E-state index is 0.122. The van der Waals surface area contributed by atoms with Crippen molar-refractivity contribution in [2.24, 2.45) is 0 Å². The number of hydrogen-bond donors (Lipinski definition) is 1. The molecular formula is C18H22FN3O3. The Bertz CT molecular complexity index is 762. The fourth-order valence-electron chi connectivity index (χ4n) is 3.24. The quantitative estimate of drug-likeness (QED) is 0.915. The molecule has 1 saturated heterocycles. The van der Waals surface area contributed by atoms with Crippen LogP contribution in [0.15, 0.2) is 28.8 Å². The third-order valence-electron chi connectivity index (χ3n) is 4.49. The highest BCUT2D eigenvalue weighted by atomic mass is 19.1. The van der Waals surface area contributed by atoms with Crippen LogP contribution in [0.3, 0.4) is 0 Å². The predicted octanol–water partition coefficient (Wildman–Crippen LogP) is 3.74. The molecule has 2 aromatic rings. The zero-order chi connectivity index (χ0) is 18.0. The van der Waals surface area contributed by atoms with E-state index in [1.54, 1.807) is 17.9 Å². The number of rotatable bonds is 4. The molecule has 2 heterocycles. The topological polar surface area (TPSA) is 67.6 Å². The van der Waals surface area contributed by atoms with E-state index in [2.05, 4.69) is 10.5 Å². The molecule has 1 N–H and O–H groups in total. The lowest BCUT2D eigenvalue weighted by Gasteiger charge is -2.26. The summed E-state index contributed by atoms with van der Waals surface area (Å²) in [6.07, 6.45) is 1.73. The second-order valence-electron chi connectivity index (χ2n) is 6.28. The number of ether oxygens (including phenoxy) is 1. The van der Waals surface area contributed by atoms with Gasteiger partial charge < -0.3 is 19.5 Å². The number of methoxy groups -OCH3 is 1. The normalized spacial score (nSPS) is 18.2. The highest BCUT2D eigenvalue weighted by molar-refractivity contribution is 5.75. The third-order valence-corrected chi connectivity index (χ3v) is 4.49. The average Bonchev–Trinajstić information content (AvgIpc) is 3.23. The fraction of sp³-hybridized carbons (Fsp3) is 0.444. The Labute approximate surface area is 145 Å². The van der Waals surface area contributed by atoms with E-state index in [-0.39, 0.29) is 17.9 Å². The molecule has 134 valence electrons. The first kappa shape index (κ1) is 17.3. The summed E-state index contributed by atoms with van der Waals surface area (Å²) in [7, 11) is 1.52. The summed E-state index contributed by atoms with van der Waals surface area (Å²) in [6, 6.07) is 5.40. The molecule has 1 fully saturated rings. The van der Waals surface area contributed by atoms with Crippen LogP contribution in [-0.2, 0) is 0 Å². The van der Waals surface area contributed by atoms with Crippen LogP contribution >= 0.6 is 0 Å². The van der Waals surface area contributed by atoms with Gasteiger partial charge in [-0.15, -0.1) is 0 Å². The minimum atomic E-state index is -0.393. The lowest BCUT2D eigenvalue weighted by atomic mass is 10.1. The Morgan fingerprint density at radius 1 is 1.48 bits per heavy atom. The van der Waals surface area contributed by atoms with Gasteiger partial charge in [0.2, 0.25) is 0 Å². The smallest absolute Gasteiger partial charge is 0.318 e. The number of halogens is 1. The van der Waals surface area contributed by atoms with Gasteiger partial charge in [0.1, 0.15) is 11.6 Å². The van der Waals surface area contributed by atoms with E-state index in [9.17, 15) is 9.18 Å². The highest BCUT2D eigenvalue weighted by Gasteiger charge is 2.33. The molecule has 0 aliphatic carbocycles. The number of aromatic nitrogens is 1.